The number of hydrogen-bond acceptors (Lipinski definition) is 8. The van der Waals surface area contributed by atoms with Gasteiger partial charge in [0.2, 0.25) is 11.8 Å². The molecule has 4 aromatic rings. The first-order valence-electron chi connectivity index (χ1n) is 15.8. The second kappa shape index (κ2) is 14.9. The Morgan fingerprint density at radius 3 is 2.00 bits per heavy atom. The van der Waals surface area contributed by atoms with E-state index in [2.05, 4.69) is 32.0 Å². The number of nitrogens with one attached hydrogen (secondary N) is 1. The summed E-state index contributed by atoms with van der Waals surface area (Å²) in [6.45, 7) is 5.51. The van der Waals surface area contributed by atoms with E-state index >= 15 is 0 Å². The van der Waals surface area contributed by atoms with E-state index in [1.807, 2.05) is 24.3 Å². The second-order valence-corrected chi connectivity index (χ2v) is 12.0. The normalized spacial score (nSPS) is 21.5. The van der Waals surface area contributed by atoms with Crippen LogP contribution in [0.2, 0.25) is 0 Å². The van der Waals surface area contributed by atoms with Crippen LogP contribution in [-0.4, -0.2) is 64.7 Å². The van der Waals surface area contributed by atoms with Gasteiger partial charge in [-0.3, -0.25) is 9.69 Å². The lowest BCUT2D eigenvalue weighted by Gasteiger charge is -2.44. The molecule has 258 valence electrons. The molecule has 2 aliphatic heterocycles. The van der Waals surface area contributed by atoms with Crippen molar-refractivity contribution in [2.45, 2.75) is 38.6 Å². The number of anilines is 1. The smallest absolute Gasteiger partial charge is 0.257 e. The highest BCUT2D eigenvalue weighted by molar-refractivity contribution is 5.94. The maximum absolute atomic E-state index is 14.1. The number of amides is 1. The maximum Gasteiger partial charge on any atom is 0.257 e. The zero-order chi connectivity index (χ0) is 34.7. The number of piperazine rings is 1. The van der Waals surface area contributed by atoms with Crippen LogP contribution in [0.25, 0.3) is 0 Å². The first kappa shape index (κ1) is 34.4. The van der Waals surface area contributed by atoms with Gasteiger partial charge >= 0.3 is 0 Å². The molecule has 9 nitrogen and oxygen atoms in total. The summed E-state index contributed by atoms with van der Waals surface area (Å²) in [6.07, 6.45) is 2.13. The van der Waals surface area contributed by atoms with Crippen molar-refractivity contribution in [3.8, 4) is 0 Å². The summed E-state index contributed by atoms with van der Waals surface area (Å²) in [7, 11) is 0. The summed E-state index contributed by atoms with van der Waals surface area (Å²) >= 11 is 0. The number of aliphatic hydroxyl groups is 1. The Morgan fingerprint density at radius 1 is 0.816 bits per heavy atom. The Hall–Kier alpha value is -4.50. The molecule has 2 fully saturated rings. The number of aliphatic hydroxyl groups excluding tert-OH is 1. The van der Waals surface area contributed by atoms with Crippen LogP contribution in [0.5, 0.6) is 0 Å². The van der Waals surface area contributed by atoms with E-state index in [1.165, 1.54) is 0 Å². The van der Waals surface area contributed by atoms with E-state index in [4.69, 9.17) is 9.47 Å². The number of carbonyl (C=O) groups is 1. The Balaban J connectivity index is 1.15. The summed E-state index contributed by atoms with van der Waals surface area (Å²) in [5.41, 5.74) is 1.33. The molecule has 0 radical (unpaired) electrons. The molecule has 0 bridgehead atoms. The van der Waals surface area contributed by atoms with Gasteiger partial charge in [-0.15, -0.1) is 0 Å². The number of halogens is 5. The molecule has 0 unspecified atom stereocenters. The van der Waals surface area contributed by atoms with Crippen molar-refractivity contribution >= 4 is 11.9 Å². The number of benzene rings is 3. The van der Waals surface area contributed by atoms with Crippen LogP contribution in [0, 0.1) is 35.0 Å². The highest BCUT2D eigenvalue weighted by Crippen LogP contribution is 2.42. The molecule has 14 heteroatoms. The molecular formula is C35H34F5N5O4. The minimum Gasteiger partial charge on any atom is -0.392 e. The molecular weight excluding hydrogens is 649 g/mol. The van der Waals surface area contributed by atoms with E-state index in [0.717, 1.165) is 37.3 Å². The fourth-order valence-electron chi connectivity index (χ4n) is 6.04. The lowest BCUT2D eigenvalue weighted by molar-refractivity contribution is -0.276. The molecule has 2 aliphatic rings. The minimum atomic E-state index is -2.34. The van der Waals surface area contributed by atoms with Crippen LogP contribution in [0.15, 0.2) is 67.0 Å². The largest absolute Gasteiger partial charge is 0.392 e. The Kier molecular flexibility index (Phi) is 10.5. The van der Waals surface area contributed by atoms with Crippen molar-refractivity contribution in [1.29, 1.82) is 0 Å². The summed E-state index contributed by atoms with van der Waals surface area (Å²) in [5.74, 6) is -11.9. The number of carbonyl (C=O) groups excluding carboxylic acids is 1. The molecule has 2 saturated heterocycles. The van der Waals surface area contributed by atoms with Gasteiger partial charge in [0.05, 0.1) is 18.8 Å². The summed E-state index contributed by atoms with van der Waals surface area (Å²) in [4.78, 5) is 25.6. The van der Waals surface area contributed by atoms with Gasteiger partial charge in [0.25, 0.3) is 5.91 Å². The molecule has 1 aromatic heterocycles. The monoisotopic (exact) mass is 683 g/mol. The van der Waals surface area contributed by atoms with Crippen molar-refractivity contribution < 1.29 is 41.3 Å². The van der Waals surface area contributed by atoms with Crippen molar-refractivity contribution in [1.82, 2.24) is 20.2 Å². The molecule has 4 atom stereocenters. The average molecular weight is 684 g/mol. The SMILES string of the molecule is C[C@@H]1[C@H](CN2CCN(c3ncccn3)CC2)O[C@H](c2ccc(CNC(=O)c3c(F)c(F)c(F)c(F)c3F)cc2)O[C@@H]1c1ccc(CO)cc1. The van der Waals surface area contributed by atoms with Crippen molar-refractivity contribution in [2.24, 2.45) is 5.92 Å². The number of hydrogen-bond donors (Lipinski definition) is 2. The van der Waals surface area contributed by atoms with E-state index in [1.54, 1.807) is 42.7 Å². The zero-order valence-electron chi connectivity index (χ0n) is 26.5. The Morgan fingerprint density at radius 2 is 1.39 bits per heavy atom. The van der Waals surface area contributed by atoms with Gasteiger partial charge in [-0.1, -0.05) is 55.5 Å². The predicted molar refractivity (Wildman–Crippen MR) is 167 cm³/mol. The molecule has 0 aliphatic carbocycles. The molecule has 3 heterocycles. The number of nitrogens with zero attached hydrogens (tertiary/aromatic N) is 4. The van der Waals surface area contributed by atoms with Crippen LogP contribution < -0.4 is 10.2 Å². The highest BCUT2D eigenvalue weighted by Gasteiger charge is 2.39. The second-order valence-electron chi connectivity index (χ2n) is 12.0. The first-order valence-corrected chi connectivity index (χ1v) is 15.8. The van der Waals surface area contributed by atoms with Gasteiger partial charge < -0.3 is 24.8 Å². The van der Waals surface area contributed by atoms with E-state index in [-0.39, 0.29) is 31.3 Å². The molecule has 6 rings (SSSR count). The van der Waals surface area contributed by atoms with Crippen LogP contribution >= 0.6 is 0 Å². The average Bonchev–Trinajstić information content (AvgIpc) is 3.14. The maximum atomic E-state index is 14.1. The van der Waals surface area contributed by atoms with Crippen LogP contribution in [0.3, 0.4) is 0 Å². The van der Waals surface area contributed by atoms with E-state index in [9.17, 15) is 31.9 Å². The highest BCUT2D eigenvalue weighted by atomic mass is 19.2. The molecule has 0 saturated carbocycles. The van der Waals surface area contributed by atoms with Crippen molar-refractivity contribution in [2.75, 3.05) is 37.6 Å². The van der Waals surface area contributed by atoms with Crippen LogP contribution in [0.1, 0.15) is 51.9 Å². The number of ether oxygens (including phenoxy) is 2. The van der Waals surface area contributed by atoms with Crippen LogP contribution in [-0.2, 0) is 22.6 Å². The quantitative estimate of drug-likeness (QED) is 0.141. The standard InChI is InChI=1S/C35H34F5N5O4/c1-20-25(18-44-13-15-45(16-14-44)35-41-11-2-12-42-35)48-34(49-32(20)23-7-5-22(19-46)6-8-23)24-9-3-21(4-10-24)17-43-33(47)26-27(36)29(38)31(40)30(39)28(26)37/h2-12,20,25,32,34,46H,13-19H2,1H3,(H,43,47)/t20-,25+,32+,34+/m1/s1. The summed E-state index contributed by atoms with van der Waals surface area (Å²) < 4.78 is 81.8. The fraction of sp³-hybridized carbons (Fsp3) is 0.343. The Bertz CT molecular complexity index is 1730. The van der Waals surface area contributed by atoms with Gasteiger partial charge in [0.15, 0.2) is 29.6 Å². The van der Waals surface area contributed by atoms with E-state index < -0.39 is 46.8 Å². The van der Waals surface area contributed by atoms with Gasteiger partial charge in [-0.2, -0.15) is 0 Å². The third kappa shape index (κ3) is 7.42. The first-order chi connectivity index (χ1) is 23.6. The summed E-state index contributed by atoms with van der Waals surface area (Å²) in [5, 5.41) is 11.7. The molecule has 49 heavy (non-hydrogen) atoms. The van der Waals surface area contributed by atoms with Gasteiger partial charge in [0.1, 0.15) is 5.56 Å². The third-order valence-corrected chi connectivity index (χ3v) is 8.91. The van der Waals surface area contributed by atoms with Gasteiger partial charge in [0, 0.05) is 63.1 Å². The molecule has 3 aromatic carbocycles. The minimum absolute atomic E-state index is 0.0388. The topological polar surface area (TPSA) is 100 Å². The molecule has 0 spiro atoms. The van der Waals surface area contributed by atoms with Crippen molar-refractivity contribution in [3.05, 3.63) is 124 Å². The third-order valence-electron chi connectivity index (χ3n) is 8.91. The van der Waals surface area contributed by atoms with E-state index in [0.29, 0.717) is 23.6 Å². The molecule has 1 amide bonds. The van der Waals surface area contributed by atoms with Gasteiger partial charge in [-0.25, -0.2) is 31.9 Å². The fourth-order valence-corrected chi connectivity index (χ4v) is 6.04. The number of rotatable bonds is 9. The molecule has 2 N–H and O–H groups in total. The van der Waals surface area contributed by atoms with Crippen LogP contribution in [0.4, 0.5) is 27.9 Å². The summed E-state index contributed by atoms with van der Waals surface area (Å²) in [6, 6.07) is 16.1. The van der Waals surface area contributed by atoms with Crippen molar-refractivity contribution in [3.63, 3.8) is 0 Å². The lowest BCUT2D eigenvalue weighted by atomic mass is 9.90. The number of aromatic nitrogens is 2. The Labute approximate surface area is 279 Å². The lowest BCUT2D eigenvalue weighted by Crippen LogP contribution is -2.51. The van der Waals surface area contributed by atoms with Gasteiger partial charge in [-0.05, 0) is 22.8 Å². The zero-order valence-corrected chi connectivity index (χ0v) is 26.5. The predicted octanol–water partition coefficient (Wildman–Crippen LogP) is 5.21.